The van der Waals surface area contributed by atoms with Crippen LogP contribution in [0.15, 0.2) is 35.0 Å². The van der Waals surface area contributed by atoms with Gasteiger partial charge < -0.3 is 15.5 Å². The van der Waals surface area contributed by atoms with Gasteiger partial charge in [-0.15, -0.1) is 0 Å². The third kappa shape index (κ3) is 3.43. The van der Waals surface area contributed by atoms with Crippen molar-refractivity contribution < 1.29 is 4.42 Å². The topological polar surface area (TPSA) is 114 Å². The molecular weight excluding hydrogens is 316 g/mol. The van der Waals surface area contributed by atoms with Crippen molar-refractivity contribution in [2.24, 2.45) is 0 Å². The molecule has 25 heavy (non-hydrogen) atoms. The van der Waals surface area contributed by atoms with Crippen molar-refractivity contribution in [3.05, 3.63) is 41.9 Å². The molecule has 0 saturated carbocycles. The summed E-state index contributed by atoms with van der Waals surface area (Å²) in [6, 6.07) is 7.76. The first-order valence-corrected chi connectivity index (χ1v) is 7.84. The molecule has 0 aliphatic carbocycles. The Morgan fingerprint density at radius 3 is 2.52 bits per heavy atom. The molecule has 0 unspecified atom stereocenters. The third-order valence-electron chi connectivity index (χ3n) is 3.53. The Bertz CT molecular complexity index is 937. The van der Waals surface area contributed by atoms with E-state index in [4.69, 9.17) is 10.2 Å². The third-order valence-corrected chi connectivity index (χ3v) is 3.53. The van der Waals surface area contributed by atoms with E-state index in [0.717, 1.165) is 5.76 Å². The zero-order valence-corrected chi connectivity index (χ0v) is 14.2. The number of nitrogen functional groups attached to an aromatic ring is 1. The molecule has 3 aromatic rings. The van der Waals surface area contributed by atoms with Crippen LogP contribution in [0.3, 0.4) is 0 Å². The lowest BCUT2D eigenvalue weighted by molar-refractivity contribution is 0.546. The molecule has 0 aliphatic rings. The van der Waals surface area contributed by atoms with E-state index in [2.05, 4.69) is 26.3 Å². The number of nitrogens with two attached hydrogens (primary N) is 1. The Labute approximate surface area is 145 Å². The lowest BCUT2D eigenvalue weighted by Crippen LogP contribution is -2.12. The predicted molar refractivity (Wildman–Crippen MR) is 95.6 cm³/mol. The Morgan fingerprint density at radius 2 is 1.96 bits per heavy atom. The highest BCUT2D eigenvalue weighted by molar-refractivity contribution is 5.78. The summed E-state index contributed by atoms with van der Waals surface area (Å²) in [5.74, 6) is 2.04. The fourth-order valence-electron chi connectivity index (χ4n) is 2.41. The average Bonchev–Trinajstić information content (AvgIpc) is 3.01. The van der Waals surface area contributed by atoms with Crippen LogP contribution >= 0.6 is 0 Å². The molecule has 0 saturated heterocycles. The lowest BCUT2D eigenvalue weighted by Gasteiger charge is -2.10. The van der Waals surface area contributed by atoms with Crippen LogP contribution in [-0.4, -0.2) is 21.0 Å². The van der Waals surface area contributed by atoms with Crippen molar-refractivity contribution in [3.63, 3.8) is 0 Å². The number of nitrogens with zero attached hydrogens (tertiary/aromatic N) is 4. The summed E-state index contributed by atoms with van der Waals surface area (Å²) in [4.78, 5) is 12.9. The number of hydrogen-bond donors (Lipinski definition) is 2. The first-order chi connectivity index (χ1) is 12.0. The minimum Gasteiger partial charge on any atom is -0.460 e. The number of aromatic nitrogens is 3. The van der Waals surface area contributed by atoms with Crippen LogP contribution in [0, 0.1) is 18.3 Å². The predicted octanol–water partition coefficient (Wildman–Crippen LogP) is 3.38. The zero-order valence-electron chi connectivity index (χ0n) is 14.2. The van der Waals surface area contributed by atoms with Gasteiger partial charge in [0.2, 0.25) is 5.95 Å². The van der Waals surface area contributed by atoms with E-state index < -0.39 is 0 Å². The molecule has 0 aliphatic heterocycles. The maximum atomic E-state index is 9.45. The van der Waals surface area contributed by atoms with E-state index in [0.29, 0.717) is 34.1 Å². The quantitative estimate of drug-likeness (QED) is 0.751. The summed E-state index contributed by atoms with van der Waals surface area (Å²) in [7, 11) is 0. The van der Waals surface area contributed by atoms with Crippen LogP contribution < -0.4 is 11.1 Å². The average molecular weight is 334 g/mol. The largest absolute Gasteiger partial charge is 0.460 e. The standard InChI is InChI=1S/C18H18N6O/c1-10(2)23-18-21-8-12(9-22-18)13-6-15(16-5-4-11(3)25-16)24-17(20)14(13)7-19/h4-6,8-10H,1-3H3,(H2,20,24)(H,21,22,23). The van der Waals surface area contributed by atoms with E-state index in [1.165, 1.54) is 0 Å². The number of nitriles is 1. The van der Waals surface area contributed by atoms with Gasteiger partial charge in [0.15, 0.2) is 5.76 Å². The van der Waals surface area contributed by atoms with Crippen molar-refractivity contribution in [2.75, 3.05) is 11.1 Å². The van der Waals surface area contributed by atoms with Crippen LogP contribution in [0.2, 0.25) is 0 Å². The molecule has 0 radical (unpaired) electrons. The van der Waals surface area contributed by atoms with Gasteiger partial charge in [-0.05, 0) is 39.0 Å². The van der Waals surface area contributed by atoms with Crippen molar-refractivity contribution in [1.82, 2.24) is 15.0 Å². The van der Waals surface area contributed by atoms with E-state index in [1.54, 1.807) is 18.5 Å². The van der Waals surface area contributed by atoms with Gasteiger partial charge in [0.25, 0.3) is 0 Å². The van der Waals surface area contributed by atoms with Crippen molar-refractivity contribution in [3.8, 4) is 28.7 Å². The molecule has 0 fully saturated rings. The molecule has 3 rings (SSSR count). The van der Waals surface area contributed by atoms with Crippen LogP contribution in [0.1, 0.15) is 25.2 Å². The summed E-state index contributed by atoms with van der Waals surface area (Å²) in [6.45, 7) is 5.87. The first kappa shape index (κ1) is 16.5. The lowest BCUT2D eigenvalue weighted by atomic mass is 10.0. The summed E-state index contributed by atoms with van der Waals surface area (Å²) in [5.41, 5.74) is 8.14. The number of aryl methyl sites for hydroxylation is 1. The number of furan rings is 1. The Kier molecular flexibility index (Phi) is 4.35. The van der Waals surface area contributed by atoms with Gasteiger partial charge in [0, 0.05) is 29.6 Å². The van der Waals surface area contributed by atoms with Gasteiger partial charge in [0.05, 0.1) is 0 Å². The SMILES string of the molecule is Cc1ccc(-c2cc(-c3cnc(NC(C)C)nc3)c(C#N)c(N)n2)o1. The summed E-state index contributed by atoms with van der Waals surface area (Å²) in [5, 5.41) is 12.6. The maximum absolute atomic E-state index is 9.45. The summed E-state index contributed by atoms with van der Waals surface area (Å²) < 4.78 is 5.61. The molecule has 3 heterocycles. The van der Waals surface area contributed by atoms with E-state index >= 15 is 0 Å². The van der Waals surface area contributed by atoms with E-state index in [9.17, 15) is 5.26 Å². The molecule has 0 aromatic carbocycles. The van der Waals surface area contributed by atoms with E-state index in [-0.39, 0.29) is 11.9 Å². The van der Waals surface area contributed by atoms with Gasteiger partial charge in [-0.25, -0.2) is 15.0 Å². The minimum absolute atomic E-state index is 0.147. The molecule has 0 atom stereocenters. The van der Waals surface area contributed by atoms with Gasteiger partial charge in [0.1, 0.15) is 28.9 Å². The van der Waals surface area contributed by atoms with Crippen LogP contribution in [0.5, 0.6) is 0 Å². The maximum Gasteiger partial charge on any atom is 0.222 e. The Balaban J connectivity index is 2.08. The first-order valence-electron chi connectivity index (χ1n) is 7.84. The number of nitrogens with one attached hydrogen (secondary N) is 1. The van der Waals surface area contributed by atoms with Crippen LogP contribution in [0.25, 0.3) is 22.6 Å². The molecule has 7 heteroatoms. The fourth-order valence-corrected chi connectivity index (χ4v) is 2.41. The number of rotatable bonds is 4. The number of hydrogen-bond acceptors (Lipinski definition) is 7. The van der Waals surface area contributed by atoms with E-state index in [1.807, 2.05) is 32.9 Å². The second-order valence-electron chi connectivity index (χ2n) is 5.93. The second-order valence-corrected chi connectivity index (χ2v) is 5.93. The normalized spacial score (nSPS) is 10.7. The molecular formula is C18H18N6O. The van der Waals surface area contributed by atoms with Crippen LogP contribution in [0.4, 0.5) is 11.8 Å². The van der Waals surface area contributed by atoms with Gasteiger partial charge >= 0.3 is 0 Å². The number of pyridine rings is 1. The van der Waals surface area contributed by atoms with Crippen molar-refractivity contribution >= 4 is 11.8 Å². The monoisotopic (exact) mass is 334 g/mol. The highest BCUT2D eigenvalue weighted by Crippen LogP contribution is 2.31. The molecule has 0 spiro atoms. The van der Waals surface area contributed by atoms with Gasteiger partial charge in [-0.3, -0.25) is 0 Å². The molecule has 0 bridgehead atoms. The van der Waals surface area contributed by atoms with Gasteiger partial charge in [-0.1, -0.05) is 0 Å². The molecule has 7 nitrogen and oxygen atoms in total. The summed E-state index contributed by atoms with van der Waals surface area (Å²) in [6.07, 6.45) is 3.31. The Morgan fingerprint density at radius 1 is 1.24 bits per heavy atom. The Hall–Kier alpha value is -3.40. The molecule has 0 amide bonds. The number of anilines is 2. The van der Waals surface area contributed by atoms with Crippen molar-refractivity contribution in [2.45, 2.75) is 26.8 Å². The second kappa shape index (κ2) is 6.61. The minimum atomic E-state index is 0.147. The fraction of sp³-hybridized carbons (Fsp3) is 0.222. The van der Waals surface area contributed by atoms with Crippen LogP contribution in [-0.2, 0) is 0 Å². The van der Waals surface area contributed by atoms with Gasteiger partial charge in [-0.2, -0.15) is 5.26 Å². The highest BCUT2D eigenvalue weighted by Gasteiger charge is 2.15. The molecule has 126 valence electrons. The molecule has 3 aromatic heterocycles. The smallest absolute Gasteiger partial charge is 0.222 e. The summed E-state index contributed by atoms with van der Waals surface area (Å²) >= 11 is 0. The van der Waals surface area contributed by atoms with Crippen molar-refractivity contribution in [1.29, 1.82) is 5.26 Å². The zero-order chi connectivity index (χ0) is 18.0. The highest BCUT2D eigenvalue weighted by atomic mass is 16.3. The molecule has 3 N–H and O–H groups in total.